The van der Waals surface area contributed by atoms with E-state index in [0.29, 0.717) is 11.5 Å². The highest BCUT2D eigenvalue weighted by atomic mass is 35.5. The summed E-state index contributed by atoms with van der Waals surface area (Å²) in [5.41, 5.74) is 0.435. The van der Waals surface area contributed by atoms with Gasteiger partial charge in [-0.2, -0.15) is 0 Å². The zero-order chi connectivity index (χ0) is 13.6. The number of halogens is 2. The number of hydrogen-bond donors (Lipinski definition) is 1. The van der Waals surface area contributed by atoms with Crippen LogP contribution in [0.1, 0.15) is 35.2 Å². The van der Waals surface area contributed by atoms with Crippen LogP contribution in [0.4, 0.5) is 4.39 Å². The zero-order valence-electron chi connectivity index (χ0n) is 9.68. The van der Waals surface area contributed by atoms with Gasteiger partial charge in [0.25, 0.3) is 5.82 Å². The van der Waals surface area contributed by atoms with Gasteiger partial charge in [-0.3, -0.25) is 0 Å². The average Bonchev–Trinajstić information content (AvgIpc) is 3.09. The Morgan fingerprint density at radius 3 is 2.79 bits per heavy atom. The van der Waals surface area contributed by atoms with Gasteiger partial charge in [-0.05, 0) is 31.0 Å². The van der Waals surface area contributed by atoms with Crippen LogP contribution in [0.25, 0.3) is 5.69 Å². The van der Waals surface area contributed by atoms with Gasteiger partial charge in [-0.15, -0.1) is 5.10 Å². The van der Waals surface area contributed by atoms with Crippen molar-refractivity contribution in [1.29, 1.82) is 0 Å². The number of nitrogens with zero attached hydrogens (tertiary/aromatic N) is 3. The summed E-state index contributed by atoms with van der Waals surface area (Å²) in [4.78, 5) is 15.0. The predicted molar refractivity (Wildman–Crippen MR) is 65.3 cm³/mol. The molecule has 0 atom stereocenters. The van der Waals surface area contributed by atoms with Gasteiger partial charge < -0.3 is 5.11 Å². The number of hydrogen-bond acceptors (Lipinski definition) is 3. The molecule has 0 spiro atoms. The fraction of sp³-hybridized carbons (Fsp3) is 0.250. The van der Waals surface area contributed by atoms with E-state index in [2.05, 4.69) is 10.1 Å². The molecule has 1 aliphatic rings. The standard InChI is InChI=1S/C12H9ClFN3O2/c13-8-5-7(14)3-4-9(8)17-11(6-1-2-6)15-10(16-17)12(18)19/h3-6H,1-2H2,(H,18,19). The Labute approximate surface area is 112 Å². The molecule has 98 valence electrons. The maximum Gasteiger partial charge on any atom is 0.375 e. The number of carboxylic acid groups (broad SMARTS) is 1. The van der Waals surface area contributed by atoms with Crippen molar-refractivity contribution >= 4 is 17.6 Å². The summed E-state index contributed by atoms with van der Waals surface area (Å²) in [6.07, 6.45) is 1.88. The van der Waals surface area contributed by atoms with Crippen LogP contribution in [0.2, 0.25) is 5.02 Å². The van der Waals surface area contributed by atoms with Crippen LogP contribution in [0.5, 0.6) is 0 Å². The van der Waals surface area contributed by atoms with E-state index in [9.17, 15) is 9.18 Å². The van der Waals surface area contributed by atoms with E-state index in [1.165, 1.54) is 16.8 Å². The molecule has 0 radical (unpaired) electrons. The van der Waals surface area contributed by atoms with Crippen LogP contribution in [-0.2, 0) is 0 Å². The molecule has 1 aromatic heterocycles. The summed E-state index contributed by atoms with van der Waals surface area (Å²) < 4.78 is 14.4. The topological polar surface area (TPSA) is 68.0 Å². The van der Waals surface area contributed by atoms with Crippen LogP contribution in [-0.4, -0.2) is 25.8 Å². The van der Waals surface area contributed by atoms with Crippen LogP contribution < -0.4 is 0 Å². The third-order valence-corrected chi connectivity index (χ3v) is 3.21. The average molecular weight is 282 g/mol. The van der Waals surface area contributed by atoms with Crippen molar-refractivity contribution in [3.63, 3.8) is 0 Å². The normalized spacial score (nSPS) is 14.6. The fourth-order valence-corrected chi connectivity index (χ4v) is 2.10. The minimum Gasteiger partial charge on any atom is -0.475 e. The molecule has 1 N–H and O–H groups in total. The summed E-state index contributed by atoms with van der Waals surface area (Å²) in [6.45, 7) is 0. The molecular weight excluding hydrogens is 273 g/mol. The highest BCUT2D eigenvalue weighted by Crippen LogP contribution is 2.40. The Kier molecular flexibility index (Phi) is 2.74. The molecular formula is C12H9ClFN3O2. The SMILES string of the molecule is O=C(O)c1nc(C2CC2)n(-c2ccc(F)cc2Cl)n1. The quantitative estimate of drug-likeness (QED) is 0.939. The van der Waals surface area contributed by atoms with E-state index in [1.807, 2.05) is 0 Å². The van der Waals surface area contributed by atoms with E-state index in [1.54, 1.807) is 0 Å². The van der Waals surface area contributed by atoms with Crippen LogP contribution in [0.3, 0.4) is 0 Å². The summed E-state index contributed by atoms with van der Waals surface area (Å²) in [7, 11) is 0. The molecule has 2 aromatic rings. The predicted octanol–water partition coefficient (Wildman–Crippen LogP) is 2.64. The van der Waals surface area contributed by atoms with Crippen molar-refractivity contribution < 1.29 is 14.3 Å². The molecule has 5 nitrogen and oxygen atoms in total. The Hall–Kier alpha value is -1.95. The van der Waals surface area contributed by atoms with Crippen LogP contribution in [0.15, 0.2) is 18.2 Å². The summed E-state index contributed by atoms with van der Waals surface area (Å²) in [5, 5.41) is 13.1. The van der Waals surface area contributed by atoms with Crippen LogP contribution in [0, 0.1) is 5.82 Å². The molecule has 7 heteroatoms. The molecule has 1 aliphatic carbocycles. The number of benzene rings is 1. The van der Waals surface area contributed by atoms with Gasteiger partial charge in [0.05, 0.1) is 10.7 Å². The van der Waals surface area contributed by atoms with Crippen molar-refractivity contribution in [2.45, 2.75) is 18.8 Å². The molecule has 0 unspecified atom stereocenters. The van der Waals surface area contributed by atoms with Crippen molar-refractivity contribution in [3.8, 4) is 5.69 Å². The highest BCUT2D eigenvalue weighted by molar-refractivity contribution is 6.32. The number of rotatable bonds is 3. The number of carbonyl (C=O) groups is 1. The molecule has 1 aromatic carbocycles. The second kappa shape index (κ2) is 4.31. The second-order valence-corrected chi connectivity index (χ2v) is 4.79. The lowest BCUT2D eigenvalue weighted by atomic mass is 10.3. The van der Waals surface area contributed by atoms with E-state index in [-0.39, 0.29) is 16.8 Å². The van der Waals surface area contributed by atoms with Gasteiger partial charge >= 0.3 is 5.97 Å². The molecule has 19 heavy (non-hydrogen) atoms. The van der Waals surface area contributed by atoms with Crippen LogP contribution >= 0.6 is 11.6 Å². The lowest BCUT2D eigenvalue weighted by Gasteiger charge is -2.06. The first-order chi connectivity index (χ1) is 9.06. The molecule has 0 amide bonds. The Balaban J connectivity index is 2.15. The molecule has 0 bridgehead atoms. The summed E-state index contributed by atoms with van der Waals surface area (Å²) >= 11 is 5.97. The zero-order valence-corrected chi connectivity index (χ0v) is 10.4. The Morgan fingerprint density at radius 1 is 1.47 bits per heavy atom. The van der Waals surface area contributed by atoms with Crippen molar-refractivity contribution in [3.05, 3.63) is 40.7 Å². The minimum absolute atomic E-state index is 0.170. The number of carboxylic acids is 1. The van der Waals surface area contributed by atoms with E-state index in [0.717, 1.165) is 18.9 Å². The van der Waals surface area contributed by atoms with Gasteiger partial charge in [0, 0.05) is 5.92 Å². The maximum atomic E-state index is 13.0. The Morgan fingerprint density at radius 2 is 2.21 bits per heavy atom. The first-order valence-corrected chi connectivity index (χ1v) is 6.09. The van der Waals surface area contributed by atoms with Gasteiger partial charge in [-0.25, -0.2) is 18.9 Å². The number of aromatic nitrogens is 3. The first-order valence-electron chi connectivity index (χ1n) is 5.72. The molecule has 1 fully saturated rings. The third-order valence-electron chi connectivity index (χ3n) is 2.90. The number of aromatic carboxylic acids is 1. The van der Waals surface area contributed by atoms with Gasteiger partial charge in [0.2, 0.25) is 0 Å². The van der Waals surface area contributed by atoms with Crippen molar-refractivity contribution in [2.24, 2.45) is 0 Å². The molecule has 3 rings (SSSR count). The second-order valence-electron chi connectivity index (χ2n) is 4.38. The molecule has 0 saturated heterocycles. The summed E-state index contributed by atoms with van der Waals surface area (Å²) in [6, 6.07) is 3.87. The van der Waals surface area contributed by atoms with E-state index >= 15 is 0 Å². The van der Waals surface area contributed by atoms with Crippen molar-refractivity contribution in [1.82, 2.24) is 14.8 Å². The lowest BCUT2D eigenvalue weighted by Crippen LogP contribution is -2.04. The largest absolute Gasteiger partial charge is 0.475 e. The van der Waals surface area contributed by atoms with Crippen molar-refractivity contribution in [2.75, 3.05) is 0 Å². The smallest absolute Gasteiger partial charge is 0.375 e. The monoisotopic (exact) mass is 281 g/mol. The summed E-state index contributed by atoms with van der Waals surface area (Å²) in [5.74, 6) is -1.17. The Bertz CT molecular complexity index is 667. The fourth-order valence-electron chi connectivity index (χ4n) is 1.85. The third kappa shape index (κ3) is 2.19. The lowest BCUT2D eigenvalue weighted by molar-refractivity contribution is 0.0683. The highest BCUT2D eigenvalue weighted by Gasteiger charge is 2.32. The minimum atomic E-state index is -1.20. The molecule has 1 heterocycles. The van der Waals surface area contributed by atoms with E-state index < -0.39 is 11.8 Å². The van der Waals surface area contributed by atoms with Gasteiger partial charge in [0.15, 0.2) is 0 Å². The van der Waals surface area contributed by atoms with Gasteiger partial charge in [-0.1, -0.05) is 11.6 Å². The van der Waals surface area contributed by atoms with E-state index in [4.69, 9.17) is 16.7 Å². The molecule has 0 aliphatic heterocycles. The van der Waals surface area contributed by atoms with Gasteiger partial charge in [0.1, 0.15) is 11.6 Å². The first kappa shape index (κ1) is 12.1. The maximum absolute atomic E-state index is 13.0. The molecule has 1 saturated carbocycles.